The van der Waals surface area contributed by atoms with Gasteiger partial charge in [0.25, 0.3) is 0 Å². The zero-order chi connectivity index (χ0) is 23.3. The van der Waals surface area contributed by atoms with Gasteiger partial charge in [0.05, 0.1) is 11.3 Å². The Balaban J connectivity index is 0.000000189. The molecule has 0 fully saturated rings. The summed E-state index contributed by atoms with van der Waals surface area (Å²) in [7, 11) is 0. The van der Waals surface area contributed by atoms with Gasteiger partial charge in [-0.25, -0.2) is 8.78 Å². The molecule has 0 aliphatic rings. The average Bonchev–Trinajstić information content (AvgIpc) is 2.89. The molecule has 173 valence electrons. The van der Waals surface area contributed by atoms with Crippen molar-refractivity contribution in [2.24, 2.45) is 0 Å². The van der Waals surface area contributed by atoms with Crippen LogP contribution in [-0.2, 0) is 20.1 Å². The topological polar surface area (TPSA) is 38.7 Å². The first-order valence-electron chi connectivity index (χ1n) is 10.6. The van der Waals surface area contributed by atoms with E-state index in [0.717, 1.165) is 39.0 Å². The second-order valence-corrected chi connectivity index (χ2v) is 7.47. The van der Waals surface area contributed by atoms with E-state index in [0.29, 0.717) is 0 Å². The Morgan fingerprint density at radius 1 is 0.714 bits per heavy atom. The molecule has 3 nitrogen and oxygen atoms in total. The predicted octanol–water partition coefficient (Wildman–Crippen LogP) is 7.07. The number of hydrogen-bond acceptors (Lipinski definition) is 3. The molecular weight excluding hydrogens is 621 g/mol. The first-order chi connectivity index (χ1) is 16.7. The largest absolute Gasteiger partial charge is 0.305 e. The smallest absolute Gasteiger partial charge is 0.0758 e. The number of aromatic nitrogens is 3. The van der Waals surface area contributed by atoms with Crippen LogP contribution in [0, 0.1) is 23.8 Å². The Morgan fingerprint density at radius 2 is 1.51 bits per heavy atom. The fraction of sp³-hybridized carbons (Fsp3) is 0. The van der Waals surface area contributed by atoms with Crippen LogP contribution in [-0.4, -0.2) is 15.0 Å². The van der Waals surface area contributed by atoms with Gasteiger partial charge in [-0.1, -0.05) is 54.6 Å². The molecule has 0 aliphatic carbocycles. The summed E-state index contributed by atoms with van der Waals surface area (Å²) in [6.07, 6.45) is 3.44. The third-order valence-corrected chi connectivity index (χ3v) is 5.17. The van der Waals surface area contributed by atoms with Crippen molar-refractivity contribution in [3.8, 4) is 22.6 Å². The minimum absolute atomic E-state index is 0. The molecule has 0 amide bonds. The number of benzene rings is 4. The zero-order valence-electron chi connectivity index (χ0n) is 18.2. The molecule has 0 aliphatic heterocycles. The minimum Gasteiger partial charge on any atom is -0.305 e. The molecule has 0 bridgehead atoms. The van der Waals surface area contributed by atoms with Crippen molar-refractivity contribution in [1.29, 1.82) is 0 Å². The number of hydrogen-bond donors (Lipinski definition) is 0. The van der Waals surface area contributed by atoms with E-state index in [1.54, 1.807) is 12.4 Å². The van der Waals surface area contributed by atoms with Gasteiger partial charge in [-0.2, -0.15) is 0 Å². The van der Waals surface area contributed by atoms with Crippen LogP contribution >= 0.6 is 0 Å². The molecule has 6 heteroatoms. The second kappa shape index (κ2) is 11.0. The van der Waals surface area contributed by atoms with E-state index in [-0.39, 0.29) is 31.5 Å². The fourth-order valence-electron chi connectivity index (χ4n) is 3.59. The molecule has 0 saturated heterocycles. The number of pyridine rings is 1. The first kappa shape index (κ1) is 24.3. The van der Waals surface area contributed by atoms with E-state index in [1.165, 1.54) is 6.07 Å². The summed E-state index contributed by atoms with van der Waals surface area (Å²) in [6.45, 7) is 0. The standard InChI is InChI=1S/C18H9F2N2.C11H8N.Ir/c19-14-7-13(8-15(20)9-14)18-21-10-12-6-5-11-3-1-2-4-16(11)17(12)22-18;1-2-6-10(7-3-1)11-8-4-5-9-12-11;/h1-7,9-10H;1-6,8-9H;/q2*-1;. The fourth-order valence-corrected chi connectivity index (χ4v) is 3.59. The van der Waals surface area contributed by atoms with Crippen LogP contribution in [0.25, 0.3) is 44.3 Å². The van der Waals surface area contributed by atoms with E-state index in [1.807, 2.05) is 78.9 Å². The summed E-state index contributed by atoms with van der Waals surface area (Å²) in [5.41, 5.74) is 2.96. The molecular formula is C29H17F2IrN3-2. The van der Waals surface area contributed by atoms with Gasteiger partial charge in [-0.05, 0) is 17.1 Å². The van der Waals surface area contributed by atoms with E-state index < -0.39 is 11.6 Å². The summed E-state index contributed by atoms with van der Waals surface area (Å²) in [5.74, 6) is -1.19. The molecule has 1 radical (unpaired) electrons. The Morgan fingerprint density at radius 3 is 2.29 bits per heavy atom. The van der Waals surface area contributed by atoms with Crippen LogP contribution in [0.4, 0.5) is 8.78 Å². The Bertz CT molecular complexity index is 1520. The number of fused-ring (bicyclic) bond motifs is 3. The number of halogens is 2. The van der Waals surface area contributed by atoms with Crippen LogP contribution in [0.15, 0.2) is 103 Å². The normalized spacial score (nSPS) is 10.3. The summed E-state index contributed by atoms with van der Waals surface area (Å²) in [4.78, 5) is 12.9. The maximum Gasteiger partial charge on any atom is 0.0758 e. The van der Waals surface area contributed by atoms with Crippen molar-refractivity contribution in [1.82, 2.24) is 15.0 Å². The van der Waals surface area contributed by atoms with Gasteiger partial charge in [-0.3, -0.25) is 9.97 Å². The first-order valence-corrected chi connectivity index (χ1v) is 10.6. The molecule has 2 aromatic heterocycles. The van der Waals surface area contributed by atoms with Crippen molar-refractivity contribution in [2.45, 2.75) is 0 Å². The Labute approximate surface area is 214 Å². The van der Waals surface area contributed by atoms with Crippen LogP contribution < -0.4 is 0 Å². The second-order valence-electron chi connectivity index (χ2n) is 7.47. The van der Waals surface area contributed by atoms with Crippen molar-refractivity contribution in [3.05, 3.63) is 127 Å². The van der Waals surface area contributed by atoms with E-state index >= 15 is 0 Å². The molecule has 0 N–H and O–H groups in total. The molecule has 2 heterocycles. The molecule has 6 rings (SSSR count). The monoisotopic (exact) mass is 638 g/mol. The van der Waals surface area contributed by atoms with Gasteiger partial charge in [0.2, 0.25) is 0 Å². The number of rotatable bonds is 2. The molecule has 4 aromatic carbocycles. The van der Waals surface area contributed by atoms with Gasteiger partial charge in [0, 0.05) is 54.9 Å². The van der Waals surface area contributed by atoms with E-state index in [2.05, 4.69) is 27.1 Å². The van der Waals surface area contributed by atoms with Crippen LogP contribution in [0.1, 0.15) is 0 Å². The Hall–Kier alpha value is -3.86. The van der Waals surface area contributed by atoms with Crippen molar-refractivity contribution in [2.75, 3.05) is 0 Å². The average molecular weight is 638 g/mol. The van der Waals surface area contributed by atoms with Crippen molar-refractivity contribution < 1.29 is 28.9 Å². The van der Waals surface area contributed by atoms with Gasteiger partial charge < -0.3 is 4.98 Å². The summed E-state index contributed by atoms with van der Waals surface area (Å²) >= 11 is 0. The maximum absolute atomic E-state index is 13.4. The van der Waals surface area contributed by atoms with Gasteiger partial charge in [0.15, 0.2) is 0 Å². The number of nitrogens with zero attached hydrogens (tertiary/aromatic N) is 3. The van der Waals surface area contributed by atoms with Crippen LogP contribution in [0.5, 0.6) is 0 Å². The molecule has 35 heavy (non-hydrogen) atoms. The third-order valence-electron chi connectivity index (χ3n) is 5.17. The van der Waals surface area contributed by atoms with Crippen LogP contribution in [0.2, 0.25) is 0 Å². The minimum atomic E-state index is -0.767. The van der Waals surface area contributed by atoms with Crippen molar-refractivity contribution in [3.63, 3.8) is 0 Å². The molecule has 0 atom stereocenters. The summed E-state index contributed by atoms with van der Waals surface area (Å²) in [5, 5.41) is 2.90. The van der Waals surface area contributed by atoms with E-state index in [9.17, 15) is 8.78 Å². The molecule has 6 aromatic rings. The van der Waals surface area contributed by atoms with Gasteiger partial charge in [-0.15, -0.1) is 53.6 Å². The molecule has 0 spiro atoms. The maximum atomic E-state index is 13.4. The van der Waals surface area contributed by atoms with Crippen LogP contribution in [0.3, 0.4) is 0 Å². The van der Waals surface area contributed by atoms with Crippen molar-refractivity contribution >= 4 is 21.7 Å². The van der Waals surface area contributed by atoms with E-state index in [4.69, 9.17) is 0 Å². The molecule has 0 unspecified atom stereocenters. The summed E-state index contributed by atoms with van der Waals surface area (Å²) < 4.78 is 26.7. The van der Waals surface area contributed by atoms with Gasteiger partial charge in [0.1, 0.15) is 0 Å². The molecule has 0 saturated carbocycles. The predicted molar refractivity (Wildman–Crippen MR) is 130 cm³/mol. The summed E-state index contributed by atoms with van der Waals surface area (Å²) in [6, 6.07) is 33.0. The quantitative estimate of drug-likeness (QED) is 0.151. The third kappa shape index (κ3) is 5.62. The SMILES string of the molecule is Fc1[c-]c(-c2ncc3ccc4ccccc4c3n2)cc(F)c1.[Ir].[c-]1ccccc1-c1ccccn1. The zero-order valence-corrected chi connectivity index (χ0v) is 20.6. The van der Waals surface area contributed by atoms with Gasteiger partial charge >= 0.3 is 0 Å². The Kier molecular flexibility index (Phi) is 7.66.